The molecule has 126 valence electrons. The number of rotatable bonds is 4. The van der Waals surface area contributed by atoms with Crippen LogP contribution in [-0.4, -0.2) is 27.2 Å². The van der Waals surface area contributed by atoms with E-state index in [0.717, 1.165) is 5.69 Å². The van der Waals surface area contributed by atoms with Crippen LogP contribution in [0.5, 0.6) is 0 Å². The number of nitro benzene ring substituents is 1. The normalized spacial score (nSPS) is 11.7. The van der Waals surface area contributed by atoms with E-state index >= 15 is 0 Å². The van der Waals surface area contributed by atoms with E-state index in [1.165, 1.54) is 18.3 Å². The topological polar surface area (TPSA) is 113 Å². The molecule has 2 N–H and O–H groups in total. The molecular weight excluding hydrogens is 334 g/mol. The molecule has 0 bridgehead atoms. The molecule has 8 nitrogen and oxygen atoms in total. The van der Waals surface area contributed by atoms with Gasteiger partial charge in [0.25, 0.3) is 11.6 Å². The molecule has 24 heavy (non-hydrogen) atoms. The fourth-order valence-electron chi connectivity index (χ4n) is 1.79. The summed E-state index contributed by atoms with van der Waals surface area (Å²) in [6.45, 7) is 5.98. The Kier molecular flexibility index (Phi) is 4.99. The predicted molar refractivity (Wildman–Crippen MR) is 90.5 cm³/mol. The Bertz CT molecular complexity index is 808. The lowest BCUT2D eigenvalue weighted by molar-refractivity contribution is -0.384. The number of nitrogens with zero attached hydrogens (tertiary/aromatic N) is 3. The number of carbonyl (C=O) groups excluding carboxylic acids is 1. The Hall–Kier alpha value is -2.74. The standard InChI is InChI=1S/C15H16ClN5O3/c1-15(2,3)13-7-11(18-19-13)14(22)20-17-8-9-4-5-10(16)12(6-9)21(23)24/h4-8H,1-3H3,(H,18,19)(H,20,22). The highest BCUT2D eigenvalue weighted by molar-refractivity contribution is 6.32. The fourth-order valence-corrected chi connectivity index (χ4v) is 1.98. The first kappa shape index (κ1) is 17.6. The van der Waals surface area contributed by atoms with E-state index in [1.807, 2.05) is 20.8 Å². The highest BCUT2D eigenvalue weighted by atomic mass is 35.5. The molecule has 0 saturated carbocycles. The van der Waals surface area contributed by atoms with Crippen molar-refractivity contribution in [2.45, 2.75) is 26.2 Å². The first-order valence-electron chi connectivity index (χ1n) is 7.01. The Morgan fingerprint density at radius 1 is 1.42 bits per heavy atom. The van der Waals surface area contributed by atoms with E-state index in [4.69, 9.17) is 11.6 Å². The van der Waals surface area contributed by atoms with Crippen LogP contribution < -0.4 is 5.43 Å². The van der Waals surface area contributed by atoms with Gasteiger partial charge < -0.3 is 0 Å². The number of benzene rings is 1. The molecule has 0 radical (unpaired) electrons. The lowest BCUT2D eigenvalue weighted by Gasteiger charge is -2.14. The van der Waals surface area contributed by atoms with Gasteiger partial charge in [0.2, 0.25) is 0 Å². The number of hydrazone groups is 1. The van der Waals surface area contributed by atoms with Crippen LogP contribution in [0.1, 0.15) is 42.5 Å². The number of nitrogens with one attached hydrogen (secondary N) is 2. The Morgan fingerprint density at radius 3 is 2.71 bits per heavy atom. The average Bonchev–Trinajstić information content (AvgIpc) is 2.98. The summed E-state index contributed by atoms with van der Waals surface area (Å²) in [5.41, 5.74) is 3.40. The van der Waals surface area contributed by atoms with Crippen molar-refractivity contribution < 1.29 is 9.72 Å². The molecule has 0 unspecified atom stereocenters. The molecule has 0 aliphatic rings. The van der Waals surface area contributed by atoms with Gasteiger partial charge in [-0.05, 0) is 12.1 Å². The molecule has 0 fully saturated rings. The minimum Gasteiger partial charge on any atom is -0.281 e. The van der Waals surface area contributed by atoms with Crippen LogP contribution in [0, 0.1) is 10.1 Å². The third-order valence-corrected chi connectivity index (χ3v) is 3.48. The van der Waals surface area contributed by atoms with E-state index < -0.39 is 10.8 Å². The summed E-state index contributed by atoms with van der Waals surface area (Å²) in [4.78, 5) is 22.2. The maximum Gasteiger partial charge on any atom is 0.291 e. The molecule has 2 rings (SSSR count). The van der Waals surface area contributed by atoms with Crippen LogP contribution in [0.4, 0.5) is 5.69 Å². The van der Waals surface area contributed by atoms with Crippen molar-refractivity contribution >= 4 is 29.4 Å². The van der Waals surface area contributed by atoms with Gasteiger partial charge in [-0.2, -0.15) is 10.2 Å². The van der Waals surface area contributed by atoms with Gasteiger partial charge >= 0.3 is 0 Å². The minimum atomic E-state index is -0.587. The monoisotopic (exact) mass is 349 g/mol. The van der Waals surface area contributed by atoms with Gasteiger partial charge in [-0.3, -0.25) is 20.0 Å². The summed E-state index contributed by atoms with van der Waals surface area (Å²) in [5.74, 6) is -0.485. The molecule has 0 spiro atoms. The zero-order chi connectivity index (χ0) is 17.9. The molecule has 1 aromatic carbocycles. The van der Waals surface area contributed by atoms with Crippen molar-refractivity contribution in [3.05, 3.63) is 56.4 Å². The van der Waals surface area contributed by atoms with E-state index in [1.54, 1.807) is 12.1 Å². The smallest absolute Gasteiger partial charge is 0.281 e. The van der Waals surface area contributed by atoms with Crippen molar-refractivity contribution in [3.8, 4) is 0 Å². The maximum absolute atomic E-state index is 12.0. The number of halogens is 1. The average molecular weight is 350 g/mol. The third-order valence-electron chi connectivity index (χ3n) is 3.17. The van der Waals surface area contributed by atoms with Crippen molar-refractivity contribution in [2.24, 2.45) is 5.10 Å². The van der Waals surface area contributed by atoms with Crippen LogP contribution in [0.2, 0.25) is 5.02 Å². The van der Waals surface area contributed by atoms with Crippen molar-refractivity contribution in [2.75, 3.05) is 0 Å². The SMILES string of the molecule is CC(C)(C)c1cc(C(=O)NN=Cc2ccc(Cl)c([N+](=O)[O-])c2)n[nH]1. The number of hydrogen-bond donors (Lipinski definition) is 2. The zero-order valence-corrected chi connectivity index (χ0v) is 14.1. The molecule has 2 aromatic rings. The van der Waals surface area contributed by atoms with Gasteiger partial charge in [-0.15, -0.1) is 0 Å². The Morgan fingerprint density at radius 2 is 2.12 bits per heavy atom. The first-order valence-corrected chi connectivity index (χ1v) is 7.39. The van der Waals surface area contributed by atoms with Gasteiger partial charge in [-0.1, -0.05) is 38.4 Å². The van der Waals surface area contributed by atoms with Gasteiger partial charge in [-0.25, -0.2) is 5.43 Å². The molecule has 9 heteroatoms. The van der Waals surface area contributed by atoms with E-state index in [0.29, 0.717) is 5.56 Å². The predicted octanol–water partition coefficient (Wildman–Crippen LogP) is 3.03. The third kappa shape index (κ3) is 4.17. The van der Waals surface area contributed by atoms with Crippen LogP contribution in [0.3, 0.4) is 0 Å². The summed E-state index contributed by atoms with van der Waals surface area (Å²) in [6.07, 6.45) is 1.29. The molecule has 1 amide bonds. The molecule has 0 atom stereocenters. The lowest BCUT2D eigenvalue weighted by atomic mass is 9.92. The lowest BCUT2D eigenvalue weighted by Crippen LogP contribution is -2.18. The molecule has 1 heterocycles. The molecular formula is C15H16ClN5O3. The first-order chi connectivity index (χ1) is 11.2. The molecule has 0 aliphatic heterocycles. The van der Waals surface area contributed by atoms with Gasteiger partial charge in [0, 0.05) is 22.7 Å². The number of carbonyl (C=O) groups is 1. The zero-order valence-electron chi connectivity index (χ0n) is 13.3. The summed E-state index contributed by atoms with van der Waals surface area (Å²) >= 11 is 5.73. The number of amides is 1. The number of aromatic nitrogens is 2. The van der Waals surface area contributed by atoms with Crippen molar-refractivity contribution in [1.29, 1.82) is 0 Å². The number of nitro groups is 1. The van der Waals surface area contributed by atoms with E-state index in [2.05, 4.69) is 20.7 Å². The highest BCUT2D eigenvalue weighted by Crippen LogP contribution is 2.24. The van der Waals surface area contributed by atoms with Gasteiger partial charge in [0.1, 0.15) is 5.02 Å². The largest absolute Gasteiger partial charge is 0.291 e. The number of aromatic amines is 1. The van der Waals surface area contributed by atoms with Gasteiger partial charge in [0.15, 0.2) is 5.69 Å². The molecule has 0 saturated heterocycles. The second kappa shape index (κ2) is 6.79. The summed E-state index contributed by atoms with van der Waals surface area (Å²) in [7, 11) is 0. The number of H-pyrrole nitrogens is 1. The maximum atomic E-state index is 12.0. The second-order valence-electron chi connectivity index (χ2n) is 6.08. The molecule has 0 aliphatic carbocycles. The van der Waals surface area contributed by atoms with Crippen LogP contribution >= 0.6 is 11.6 Å². The van der Waals surface area contributed by atoms with E-state index in [9.17, 15) is 14.9 Å². The highest BCUT2D eigenvalue weighted by Gasteiger charge is 2.19. The Balaban J connectivity index is 2.06. The van der Waals surface area contributed by atoms with Crippen molar-refractivity contribution in [3.63, 3.8) is 0 Å². The molecule has 1 aromatic heterocycles. The fraction of sp³-hybridized carbons (Fsp3) is 0.267. The van der Waals surface area contributed by atoms with Crippen LogP contribution in [0.25, 0.3) is 0 Å². The number of hydrogen-bond acceptors (Lipinski definition) is 5. The minimum absolute atomic E-state index is 0.0346. The second-order valence-corrected chi connectivity index (χ2v) is 6.49. The summed E-state index contributed by atoms with van der Waals surface area (Å²) < 4.78 is 0. The van der Waals surface area contributed by atoms with Crippen molar-refractivity contribution in [1.82, 2.24) is 15.6 Å². The van der Waals surface area contributed by atoms with Gasteiger partial charge in [0.05, 0.1) is 11.1 Å². The quantitative estimate of drug-likeness (QED) is 0.501. The van der Waals surface area contributed by atoms with E-state index in [-0.39, 0.29) is 21.8 Å². The van der Waals surface area contributed by atoms with Crippen LogP contribution in [-0.2, 0) is 5.41 Å². The van der Waals surface area contributed by atoms with Crippen LogP contribution in [0.15, 0.2) is 29.4 Å². The summed E-state index contributed by atoms with van der Waals surface area (Å²) in [5, 5.41) is 21.4. The summed E-state index contributed by atoms with van der Waals surface area (Å²) in [6, 6.07) is 5.87. The Labute approximate surface area is 143 Å².